The van der Waals surface area contributed by atoms with E-state index < -0.39 is 10.0 Å². The van der Waals surface area contributed by atoms with Gasteiger partial charge in [0.05, 0.1) is 10.9 Å². The monoisotopic (exact) mass is 334 g/mol. The van der Waals surface area contributed by atoms with Crippen LogP contribution in [0.4, 0.5) is 0 Å². The summed E-state index contributed by atoms with van der Waals surface area (Å²) in [5.74, 6) is 0.589. The molecule has 0 saturated carbocycles. The van der Waals surface area contributed by atoms with E-state index in [4.69, 9.17) is 16.0 Å². The molecule has 2 N–H and O–H groups in total. The first-order chi connectivity index (χ1) is 9.51. The predicted molar refractivity (Wildman–Crippen MR) is 79.4 cm³/mol. The Labute approximate surface area is 127 Å². The number of thiophene rings is 1. The highest BCUT2D eigenvalue weighted by Crippen LogP contribution is 2.22. The topological polar surface area (TPSA) is 71.3 Å². The molecule has 2 rings (SSSR count). The molecule has 2 aromatic rings. The van der Waals surface area contributed by atoms with Crippen LogP contribution in [0.3, 0.4) is 0 Å². The Morgan fingerprint density at radius 2 is 2.05 bits per heavy atom. The second kappa shape index (κ2) is 6.73. The average molecular weight is 335 g/mol. The first-order valence-electron chi connectivity index (χ1n) is 6.04. The molecule has 110 valence electrons. The lowest BCUT2D eigenvalue weighted by Gasteiger charge is -2.02. The van der Waals surface area contributed by atoms with Gasteiger partial charge in [-0.05, 0) is 30.8 Å². The summed E-state index contributed by atoms with van der Waals surface area (Å²) in [5.41, 5.74) is 0. The molecule has 0 aliphatic heterocycles. The van der Waals surface area contributed by atoms with Crippen molar-refractivity contribution in [3.8, 4) is 0 Å². The SMILES string of the molecule is CCNCc1ccc(S(=O)(=O)NCc2ccc(Cl)s2)o1. The average Bonchev–Trinajstić information content (AvgIpc) is 3.03. The maximum atomic E-state index is 12.0. The number of furan rings is 1. The van der Waals surface area contributed by atoms with Crippen LogP contribution in [0.25, 0.3) is 0 Å². The number of nitrogens with one attached hydrogen (secondary N) is 2. The molecule has 0 bridgehead atoms. The molecule has 0 radical (unpaired) electrons. The molecule has 2 aromatic heterocycles. The molecule has 0 aromatic carbocycles. The lowest BCUT2D eigenvalue weighted by molar-refractivity contribution is 0.401. The zero-order chi connectivity index (χ0) is 14.6. The van der Waals surface area contributed by atoms with E-state index in [0.717, 1.165) is 11.4 Å². The van der Waals surface area contributed by atoms with Gasteiger partial charge in [0.2, 0.25) is 5.09 Å². The Morgan fingerprint density at radius 3 is 2.70 bits per heavy atom. The Hall–Kier alpha value is -0.860. The van der Waals surface area contributed by atoms with Crippen LogP contribution in [0.5, 0.6) is 0 Å². The smallest absolute Gasteiger partial charge is 0.274 e. The third-order valence-electron chi connectivity index (χ3n) is 2.52. The molecule has 0 fully saturated rings. The fourth-order valence-corrected chi connectivity index (χ4v) is 3.60. The first kappa shape index (κ1) is 15.5. The zero-order valence-corrected chi connectivity index (χ0v) is 13.2. The summed E-state index contributed by atoms with van der Waals surface area (Å²) in [6.07, 6.45) is 0. The predicted octanol–water partition coefficient (Wildman–Crippen LogP) is 2.58. The summed E-state index contributed by atoms with van der Waals surface area (Å²) < 4.78 is 32.5. The second-order valence-corrected chi connectivity index (χ2v) is 7.53. The highest BCUT2D eigenvalue weighted by molar-refractivity contribution is 7.89. The van der Waals surface area contributed by atoms with Gasteiger partial charge in [-0.1, -0.05) is 18.5 Å². The van der Waals surface area contributed by atoms with Crippen LogP contribution in [-0.2, 0) is 23.1 Å². The van der Waals surface area contributed by atoms with Gasteiger partial charge in [-0.25, -0.2) is 13.1 Å². The summed E-state index contributed by atoms with van der Waals surface area (Å²) in [6, 6.07) is 6.63. The quantitative estimate of drug-likeness (QED) is 0.816. The minimum absolute atomic E-state index is 0.0759. The zero-order valence-electron chi connectivity index (χ0n) is 10.8. The molecule has 0 unspecified atom stereocenters. The van der Waals surface area contributed by atoms with Crippen molar-refractivity contribution in [2.24, 2.45) is 0 Å². The van der Waals surface area contributed by atoms with Gasteiger partial charge >= 0.3 is 0 Å². The maximum Gasteiger partial charge on any atom is 0.274 e. The number of hydrogen-bond acceptors (Lipinski definition) is 5. The largest absolute Gasteiger partial charge is 0.447 e. The van der Waals surface area contributed by atoms with Crippen molar-refractivity contribution in [1.82, 2.24) is 10.0 Å². The van der Waals surface area contributed by atoms with Crippen LogP contribution < -0.4 is 10.0 Å². The minimum atomic E-state index is -3.63. The molecule has 0 atom stereocenters. The standard InChI is InChI=1S/C12H15ClN2O3S2/c1-2-14-7-9-3-6-12(18-9)20(16,17)15-8-10-4-5-11(13)19-10/h3-6,14-15H,2,7-8H2,1H3. The normalized spacial score (nSPS) is 11.9. The van der Waals surface area contributed by atoms with Gasteiger partial charge in [-0.3, -0.25) is 0 Å². The van der Waals surface area contributed by atoms with Gasteiger partial charge < -0.3 is 9.73 Å². The lowest BCUT2D eigenvalue weighted by atomic mass is 10.4. The van der Waals surface area contributed by atoms with E-state index in [1.165, 1.54) is 17.4 Å². The summed E-state index contributed by atoms with van der Waals surface area (Å²) in [6.45, 7) is 3.46. The van der Waals surface area contributed by atoms with E-state index in [1.807, 2.05) is 6.92 Å². The maximum absolute atomic E-state index is 12.0. The van der Waals surface area contributed by atoms with Crippen LogP contribution in [0.1, 0.15) is 17.6 Å². The fraction of sp³-hybridized carbons (Fsp3) is 0.333. The van der Waals surface area contributed by atoms with Crippen molar-refractivity contribution < 1.29 is 12.8 Å². The van der Waals surface area contributed by atoms with Crippen LogP contribution in [0.2, 0.25) is 4.34 Å². The highest BCUT2D eigenvalue weighted by atomic mass is 35.5. The molecule has 0 aliphatic carbocycles. The molecular formula is C12H15ClN2O3S2. The van der Waals surface area contributed by atoms with Gasteiger partial charge in [-0.2, -0.15) is 0 Å². The highest BCUT2D eigenvalue weighted by Gasteiger charge is 2.18. The molecule has 2 heterocycles. The molecule has 0 aliphatic rings. The van der Waals surface area contributed by atoms with Crippen molar-refractivity contribution in [1.29, 1.82) is 0 Å². The lowest BCUT2D eigenvalue weighted by Crippen LogP contribution is -2.22. The Bertz CT molecular complexity index is 664. The van der Waals surface area contributed by atoms with Gasteiger partial charge in [0.15, 0.2) is 0 Å². The molecule has 0 amide bonds. The van der Waals surface area contributed by atoms with Crippen molar-refractivity contribution in [3.63, 3.8) is 0 Å². The molecule has 0 saturated heterocycles. The number of halogens is 1. The summed E-state index contributed by atoms with van der Waals surface area (Å²) >= 11 is 7.13. The van der Waals surface area contributed by atoms with E-state index in [9.17, 15) is 8.42 Å². The number of rotatable bonds is 7. The Morgan fingerprint density at radius 1 is 1.25 bits per heavy atom. The van der Waals surface area contributed by atoms with E-state index in [1.54, 1.807) is 18.2 Å². The van der Waals surface area contributed by atoms with E-state index in [0.29, 0.717) is 16.6 Å². The second-order valence-electron chi connectivity index (χ2n) is 4.03. The Kier molecular flexibility index (Phi) is 5.22. The first-order valence-corrected chi connectivity index (χ1v) is 8.72. The third-order valence-corrected chi connectivity index (χ3v) is 5.02. The van der Waals surface area contributed by atoms with E-state index in [-0.39, 0.29) is 11.6 Å². The molecule has 8 heteroatoms. The van der Waals surface area contributed by atoms with E-state index >= 15 is 0 Å². The van der Waals surface area contributed by atoms with Crippen molar-refractivity contribution in [2.75, 3.05) is 6.54 Å². The molecular weight excluding hydrogens is 320 g/mol. The van der Waals surface area contributed by atoms with Crippen molar-refractivity contribution in [3.05, 3.63) is 39.2 Å². The Balaban J connectivity index is 2.00. The van der Waals surface area contributed by atoms with Crippen molar-refractivity contribution >= 4 is 33.0 Å². The number of sulfonamides is 1. The van der Waals surface area contributed by atoms with Gasteiger partial charge in [-0.15, -0.1) is 11.3 Å². The van der Waals surface area contributed by atoms with E-state index in [2.05, 4.69) is 10.0 Å². The molecule has 0 spiro atoms. The fourth-order valence-electron chi connectivity index (χ4n) is 1.53. The van der Waals surface area contributed by atoms with Crippen LogP contribution >= 0.6 is 22.9 Å². The van der Waals surface area contributed by atoms with Gasteiger partial charge in [0, 0.05) is 11.4 Å². The molecule has 5 nitrogen and oxygen atoms in total. The number of hydrogen-bond donors (Lipinski definition) is 2. The van der Waals surface area contributed by atoms with Gasteiger partial charge in [0.1, 0.15) is 5.76 Å². The summed E-state index contributed by atoms with van der Waals surface area (Å²) in [5, 5.41) is 2.99. The van der Waals surface area contributed by atoms with Crippen LogP contribution in [0.15, 0.2) is 33.8 Å². The van der Waals surface area contributed by atoms with Crippen LogP contribution in [-0.4, -0.2) is 15.0 Å². The minimum Gasteiger partial charge on any atom is -0.447 e. The summed E-state index contributed by atoms with van der Waals surface area (Å²) in [4.78, 5) is 0.845. The van der Waals surface area contributed by atoms with Crippen molar-refractivity contribution in [2.45, 2.75) is 25.1 Å². The van der Waals surface area contributed by atoms with Gasteiger partial charge in [0.25, 0.3) is 10.0 Å². The third kappa shape index (κ3) is 4.07. The van der Waals surface area contributed by atoms with Crippen LogP contribution in [0, 0.1) is 0 Å². The molecule has 20 heavy (non-hydrogen) atoms. The summed E-state index contributed by atoms with van der Waals surface area (Å²) in [7, 11) is -3.63.